The lowest BCUT2D eigenvalue weighted by Crippen LogP contribution is -2.34. The molecule has 4 aromatic rings. The van der Waals surface area contributed by atoms with Crippen LogP contribution < -0.4 is 0 Å². The zero-order valence-electron chi connectivity index (χ0n) is 17.1. The number of sulfonamides is 1. The Balaban J connectivity index is 1.36. The maximum atomic E-state index is 13.6. The maximum absolute atomic E-state index is 13.6. The third-order valence-electron chi connectivity index (χ3n) is 6.06. The summed E-state index contributed by atoms with van der Waals surface area (Å²) in [4.78, 5) is 0.0122. The molecule has 0 unspecified atom stereocenters. The van der Waals surface area contributed by atoms with E-state index in [1.54, 1.807) is 6.20 Å². The summed E-state index contributed by atoms with van der Waals surface area (Å²) in [6.07, 6.45) is 6.48. The molecule has 1 N–H and O–H groups in total. The zero-order chi connectivity index (χ0) is 21.6. The second kappa shape index (κ2) is 7.62. The molecule has 1 aliphatic rings. The first kappa shape index (κ1) is 20.0. The van der Waals surface area contributed by atoms with Crippen LogP contribution in [0.25, 0.3) is 22.0 Å². The lowest BCUT2D eigenvalue weighted by atomic mass is 10.1. The molecular weight excluding hydrogens is 415 g/mol. The summed E-state index contributed by atoms with van der Waals surface area (Å²) in [5, 5.41) is 7.98. The number of nitrogens with zero attached hydrogens (tertiary/aromatic N) is 3. The van der Waals surface area contributed by atoms with Crippen LogP contribution in [-0.2, 0) is 16.6 Å². The molecule has 3 heterocycles. The molecule has 0 amide bonds. The molecule has 0 radical (unpaired) electrons. The molecule has 1 aliphatic heterocycles. The van der Waals surface area contributed by atoms with Gasteiger partial charge in [-0.15, -0.1) is 0 Å². The number of hydrogen-bond acceptors (Lipinski definition) is 3. The zero-order valence-corrected chi connectivity index (χ0v) is 17.9. The quantitative estimate of drug-likeness (QED) is 0.506. The van der Waals surface area contributed by atoms with Crippen LogP contribution >= 0.6 is 0 Å². The molecule has 160 valence electrons. The second-order valence-electron chi connectivity index (χ2n) is 8.21. The number of H-pyrrole nitrogens is 1. The van der Waals surface area contributed by atoms with Crippen molar-refractivity contribution in [2.24, 2.45) is 5.92 Å². The number of aromatic amines is 1. The largest absolute Gasteiger partial charge is 0.347 e. The van der Waals surface area contributed by atoms with Gasteiger partial charge in [0.05, 0.1) is 11.1 Å². The van der Waals surface area contributed by atoms with Crippen molar-refractivity contribution < 1.29 is 12.8 Å². The van der Waals surface area contributed by atoms with Crippen molar-refractivity contribution >= 4 is 20.9 Å². The van der Waals surface area contributed by atoms with Gasteiger partial charge in [0.2, 0.25) is 10.0 Å². The second-order valence-corrected chi connectivity index (χ2v) is 10.1. The van der Waals surface area contributed by atoms with Crippen LogP contribution in [0.15, 0.2) is 72.0 Å². The van der Waals surface area contributed by atoms with Crippen LogP contribution in [-0.4, -0.2) is 40.1 Å². The minimum absolute atomic E-state index is 0.0122. The molecule has 0 spiro atoms. The van der Waals surface area contributed by atoms with E-state index >= 15 is 0 Å². The van der Waals surface area contributed by atoms with Gasteiger partial charge < -0.3 is 4.57 Å². The van der Waals surface area contributed by atoms with Crippen molar-refractivity contribution in [3.8, 4) is 11.1 Å². The van der Waals surface area contributed by atoms with Gasteiger partial charge in [0.25, 0.3) is 0 Å². The third kappa shape index (κ3) is 3.66. The Bertz CT molecular complexity index is 1330. The molecule has 1 fully saturated rings. The van der Waals surface area contributed by atoms with Crippen molar-refractivity contribution in [1.82, 2.24) is 19.1 Å². The lowest BCUT2D eigenvalue weighted by molar-refractivity contribution is 0.399. The summed E-state index contributed by atoms with van der Waals surface area (Å²) in [6, 6.07) is 13.5. The number of halogens is 1. The monoisotopic (exact) mass is 438 g/mol. The van der Waals surface area contributed by atoms with Crippen LogP contribution in [0.4, 0.5) is 4.39 Å². The van der Waals surface area contributed by atoms with Gasteiger partial charge in [0.15, 0.2) is 0 Å². The SMILES string of the molecule is C[C@H]1C[C@H](Cn2ccc3cc(-c4cn[nH]c4)ccc32)CN1S(=O)(=O)c1cccc(F)c1. The Morgan fingerprint density at radius 2 is 2.03 bits per heavy atom. The van der Waals surface area contributed by atoms with Crippen molar-refractivity contribution in [2.45, 2.75) is 30.8 Å². The summed E-state index contributed by atoms with van der Waals surface area (Å²) >= 11 is 0. The average Bonchev–Trinajstić information content (AvgIpc) is 3.49. The van der Waals surface area contributed by atoms with E-state index in [1.807, 2.05) is 13.1 Å². The van der Waals surface area contributed by atoms with Gasteiger partial charge in [-0.2, -0.15) is 9.40 Å². The summed E-state index contributed by atoms with van der Waals surface area (Å²) in [5.41, 5.74) is 3.25. The minimum Gasteiger partial charge on any atom is -0.347 e. The number of rotatable bonds is 5. The molecular formula is C23H23FN4O2S. The predicted molar refractivity (Wildman–Crippen MR) is 117 cm³/mol. The van der Waals surface area contributed by atoms with E-state index in [0.29, 0.717) is 6.54 Å². The molecule has 6 nitrogen and oxygen atoms in total. The van der Waals surface area contributed by atoms with Crippen molar-refractivity contribution in [2.75, 3.05) is 6.54 Å². The Kier molecular flexibility index (Phi) is 4.91. The third-order valence-corrected chi connectivity index (χ3v) is 8.04. The normalized spacial score (nSPS) is 19.9. The van der Waals surface area contributed by atoms with Gasteiger partial charge in [-0.3, -0.25) is 5.10 Å². The van der Waals surface area contributed by atoms with E-state index in [1.165, 1.54) is 22.5 Å². The van der Waals surface area contributed by atoms with E-state index in [4.69, 9.17) is 0 Å². The van der Waals surface area contributed by atoms with Gasteiger partial charge in [-0.25, -0.2) is 12.8 Å². The highest BCUT2D eigenvalue weighted by Crippen LogP contribution is 2.32. The first-order valence-electron chi connectivity index (χ1n) is 10.3. The molecule has 8 heteroatoms. The number of fused-ring (bicyclic) bond motifs is 1. The predicted octanol–water partition coefficient (Wildman–Crippen LogP) is 4.27. The fourth-order valence-electron chi connectivity index (χ4n) is 4.56. The fraction of sp³-hybridized carbons (Fsp3) is 0.261. The van der Waals surface area contributed by atoms with E-state index < -0.39 is 15.8 Å². The number of nitrogens with one attached hydrogen (secondary N) is 1. The minimum atomic E-state index is -3.72. The summed E-state index contributed by atoms with van der Waals surface area (Å²) in [5.74, 6) is -0.361. The average molecular weight is 439 g/mol. The maximum Gasteiger partial charge on any atom is 0.243 e. The molecule has 31 heavy (non-hydrogen) atoms. The number of benzene rings is 2. The highest BCUT2D eigenvalue weighted by molar-refractivity contribution is 7.89. The van der Waals surface area contributed by atoms with Crippen molar-refractivity contribution in [1.29, 1.82) is 0 Å². The first-order chi connectivity index (χ1) is 14.9. The summed E-state index contributed by atoms with van der Waals surface area (Å²) in [7, 11) is -3.72. The highest BCUT2D eigenvalue weighted by atomic mass is 32.2. The van der Waals surface area contributed by atoms with Crippen LogP contribution in [0.1, 0.15) is 13.3 Å². The Morgan fingerprint density at radius 3 is 2.81 bits per heavy atom. The Labute approximate surface area is 180 Å². The molecule has 2 atom stereocenters. The molecule has 1 saturated heterocycles. The van der Waals surface area contributed by atoms with Crippen molar-refractivity contribution in [3.05, 3.63) is 72.9 Å². The van der Waals surface area contributed by atoms with Crippen LogP contribution in [0.2, 0.25) is 0 Å². The van der Waals surface area contributed by atoms with E-state index in [-0.39, 0.29) is 16.9 Å². The fourth-order valence-corrected chi connectivity index (χ4v) is 6.31. The molecule has 2 aromatic heterocycles. The van der Waals surface area contributed by atoms with Crippen LogP contribution in [0, 0.1) is 11.7 Å². The van der Waals surface area contributed by atoms with Crippen molar-refractivity contribution in [3.63, 3.8) is 0 Å². The van der Waals surface area contributed by atoms with Gasteiger partial charge in [-0.1, -0.05) is 12.1 Å². The van der Waals surface area contributed by atoms with Gasteiger partial charge in [0.1, 0.15) is 5.82 Å². The molecule has 0 saturated carbocycles. The number of aromatic nitrogens is 3. The smallest absolute Gasteiger partial charge is 0.243 e. The summed E-state index contributed by atoms with van der Waals surface area (Å²) < 4.78 is 43.4. The topological polar surface area (TPSA) is 71.0 Å². The standard InChI is InChI=1S/C23H23FN4O2S/c1-16-9-17(15-28(16)31(29,30)22-4-2-3-21(24)11-22)14-27-8-7-19-10-18(5-6-23(19)27)20-12-25-26-13-20/h2-8,10-13,16-17H,9,14-15H2,1H3,(H,25,26)/t16-,17+/m0/s1. The van der Waals surface area contributed by atoms with Gasteiger partial charge in [-0.05, 0) is 61.2 Å². The van der Waals surface area contributed by atoms with Crippen LogP contribution in [0.5, 0.6) is 0 Å². The molecule has 0 bridgehead atoms. The van der Waals surface area contributed by atoms with E-state index in [2.05, 4.69) is 45.2 Å². The summed E-state index contributed by atoms with van der Waals surface area (Å²) in [6.45, 7) is 3.07. The number of hydrogen-bond donors (Lipinski definition) is 1. The molecule has 5 rings (SSSR count). The lowest BCUT2D eigenvalue weighted by Gasteiger charge is -2.21. The van der Waals surface area contributed by atoms with Gasteiger partial charge in [0, 0.05) is 48.0 Å². The highest BCUT2D eigenvalue weighted by Gasteiger charge is 2.38. The molecule has 2 aromatic carbocycles. The van der Waals surface area contributed by atoms with Crippen LogP contribution in [0.3, 0.4) is 0 Å². The molecule has 0 aliphatic carbocycles. The van der Waals surface area contributed by atoms with E-state index in [0.717, 1.165) is 41.1 Å². The Morgan fingerprint density at radius 1 is 1.16 bits per heavy atom. The van der Waals surface area contributed by atoms with Gasteiger partial charge >= 0.3 is 0 Å². The first-order valence-corrected chi connectivity index (χ1v) is 11.7. The van der Waals surface area contributed by atoms with E-state index in [9.17, 15) is 12.8 Å². The Hall–Kier alpha value is -2.97.